The molecule has 0 spiro atoms. The molecule has 3 heterocycles. The third-order valence-corrected chi connectivity index (χ3v) is 6.21. The standard InChI is InChI=1S/C18H18N2O3S/c1-9-2-4-11-14(6-9)24-18-15(11)17(21)19-16(20-18)10-3-5-12-13(7-10)23-8-22-12/h3,5,7,9,16,20H,2,4,6,8H2,1H3,(H,19,21)/t9-,16-/m0/s1. The van der Waals surface area contributed by atoms with Gasteiger partial charge in [0.05, 0.1) is 5.56 Å². The van der Waals surface area contributed by atoms with Crippen LogP contribution in [0.2, 0.25) is 0 Å². The normalized spacial score (nSPS) is 24.0. The van der Waals surface area contributed by atoms with Crippen LogP contribution in [0.3, 0.4) is 0 Å². The van der Waals surface area contributed by atoms with Gasteiger partial charge in [0.25, 0.3) is 5.91 Å². The number of benzene rings is 1. The molecule has 0 fully saturated rings. The smallest absolute Gasteiger partial charge is 0.256 e. The van der Waals surface area contributed by atoms with E-state index in [0.29, 0.717) is 5.92 Å². The number of hydrogen-bond donors (Lipinski definition) is 2. The highest BCUT2D eigenvalue weighted by Gasteiger charge is 2.33. The second-order valence-electron chi connectivity index (χ2n) is 6.72. The summed E-state index contributed by atoms with van der Waals surface area (Å²) in [6.45, 7) is 2.54. The summed E-state index contributed by atoms with van der Waals surface area (Å²) in [4.78, 5) is 14.1. The number of nitrogens with one attached hydrogen (secondary N) is 2. The quantitative estimate of drug-likeness (QED) is 0.833. The summed E-state index contributed by atoms with van der Waals surface area (Å²) >= 11 is 1.74. The van der Waals surface area contributed by atoms with Crippen molar-refractivity contribution in [3.8, 4) is 11.5 Å². The van der Waals surface area contributed by atoms with E-state index in [1.165, 1.54) is 10.4 Å². The van der Waals surface area contributed by atoms with Crippen molar-refractivity contribution in [2.75, 3.05) is 12.1 Å². The van der Waals surface area contributed by atoms with E-state index in [-0.39, 0.29) is 18.9 Å². The Labute approximate surface area is 144 Å². The van der Waals surface area contributed by atoms with Crippen LogP contribution in [0.15, 0.2) is 18.2 Å². The summed E-state index contributed by atoms with van der Waals surface area (Å²) in [5.74, 6) is 2.21. The van der Waals surface area contributed by atoms with E-state index in [9.17, 15) is 4.79 Å². The number of carbonyl (C=O) groups excluding carboxylic acids is 1. The SMILES string of the molecule is C[C@H]1CCc2c(sc3c2C(=O)N[C@H](c2ccc4c(c2)OCO4)N3)C1. The number of anilines is 1. The minimum absolute atomic E-state index is 0.0264. The van der Waals surface area contributed by atoms with Gasteiger partial charge in [-0.1, -0.05) is 13.0 Å². The van der Waals surface area contributed by atoms with Gasteiger partial charge in [-0.2, -0.15) is 0 Å². The number of thiophene rings is 1. The molecule has 1 aliphatic carbocycles. The molecule has 24 heavy (non-hydrogen) atoms. The number of fused-ring (bicyclic) bond motifs is 4. The lowest BCUT2D eigenvalue weighted by molar-refractivity contribution is 0.0935. The van der Waals surface area contributed by atoms with Gasteiger partial charge >= 0.3 is 0 Å². The highest BCUT2D eigenvalue weighted by atomic mass is 32.1. The van der Waals surface area contributed by atoms with Gasteiger partial charge in [-0.05, 0) is 48.4 Å². The molecule has 5 rings (SSSR count). The first-order chi connectivity index (χ1) is 11.7. The van der Waals surface area contributed by atoms with Crippen molar-refractivity contribution < 1.29 is 14.3 Å². The maximum Gasteiger partial charge on any atom is 0.256 e. The molecule has 5 nitrogen and oxygen atoms in total. The third-order valence-electron chi connectivity index (χ3n) is 5.02. The predicted octanol–water partition coefficient (Wildman–Crippen LogP) is 3.46. The van der Waals surface area contributed by atoms with Crippen LogP contribution in [0.1, 0.15) is 45.9 Å². The molecule has 2 N–H and O–H groups in total. The Kier molecular flexibility index (Phi) is 3.03. The Bertz CT molecular complexity index is 845. The van der Waals surface area contributed by atoms with Crippen molar-refractivity contribution in [1.82, 2.24) is 5.32 Å². The van der Waals surface area contributed by atoms with E-state index in [1.54, 1.807) is 11.3 Å². The molecule has 2 atom stereocenters. The molecule has 6 heteroatoms. The zero-order valence-electron chi connectivity index (χ0n) is 13.3. The largest absolute Gasteiger partial charge is 0.454 e. The Hall–Kier alpha value is -2.21. The van der Waals surface area contributed by atoms with Crippen LogP contribution < -0.4 is 20.1 Å². The first kappa shape index (κ1) is 14.2. The molecule has 0 bridgehead atoms. The van der Waals surface area contributed by atoms with Crippen LogP contribution in [0.5, 0.6) is 11.5 Å². The van der Waals surface area contributed by atoms with Gasteiger partial charge in [-0.25, -0.2) is 0 Å². The molecular formula is C18H18N2O3S. The molecule has 1 aromatic carbocycles. The Morgan fingerprint density at radius 3 is 3.00 bits per heavy atom. The Morgan fingerprint density at radius 1 is 1.21 bits per heavy atom. The lowest BCUT2D eigenvalue weighted by Crippen LogP contribution is -2.38. The number of ether oxygens (including phenoxy) is 2. The number of rotatable bonds is 1. The molecule has 124 valence electrons. The van der Waals surface area contributed by atoms with E-state index in [0.717, 1.165) is 46.9 Å². The highest BCUT2D eigenvalue weighted by molar-refractivity contribution is 7.16. The van der Waals surface area contributed by atoms with Crippen LogP contribution in [0.4, 0.5) is 5.00 Å². The molecule has 0 saturated heterocycles. The van der Waals surface area contributed by atoms with E-state index < -0.39 is 0 Å². The molecule has 0 radical (unpaired) electrons. The second-order valence-corrected chi connectivity index (χ2v) is 7.82. The average molecular weight is 342 g/mol. The minimum atomic E-state index is -0.239. The zero-order valence-corrected chi connectivity index (χ0v) is 14.2. The van der Waals surface area contributed by atoms with Gasteiger partial charge in [0, 0.05) is 4.88 Å². The van der Waals surface area contributed by atoms with Crippen LogP contribution in [-0.2, 0) is 12.8 Å². The summed E-state index contributed by atoms with van der Waals surface area (Å²) in [6.07, 6.45) is 3.01. The molecule has 2 aromatic rings. The third kappa shape index (κ3) is 2.09. The molecule has 1 aromatic heterocycles. The molecule has 2 aliphatic heterocycles. The van der Waals surface area contributed by atoms with E-state index in [4.69, 9.17) is 9.47 Å². The molecule has 0 saturated carbocycles. The van der Waals surface area contributed by atoms with Gasteiger partial charge in [0.2, 0.25) is 6.79 Å². The fourth-order valence-electron chi connectivity index (χ4n) is 3.72. The summed E-state index contributed by atoms with van der Waals surface area (Å²) in [5, 5.41) is 7.59. The minimum Gasteiger partial charge on any atom is -0.454 e. The maximum atomic E-state index is 12.7. The van der Waals surface area contributed by atoms with Crippen LogP contribution in [0.25, 0.3) is 0 Å². The fraction of sp³-hybridized carbons (Fsp3) is 0.389. The predicted molar refractivity (Wildman–Crippen MR) is 91.9 cm³/mol. The van der Waals surface area contributed by atoms with Gasteiger partial charge in [-0.15, -0.1) is 11.3 Å². The molecule has 3 aliphatic rings. The monoisotopic (exact) mass is 342 g/mol. The molecule has 1 amide bonds. The van der Waals surface area contributed by atoms with Crippen molar-refractivity contribution in [3.63, 3.8) is 0 Å². The van der Waals surface area contributed by atoms with E-state index >= 15 is 0 Å². The summed E-state index contributed by atoms with van der Waals surface area (Å²) < 4.78 is 10.8. The lowest BCUT2D eigenvalue weighted by atomic mass is 9.88. The number of carbonyl (C=O) groups is 1. The highest BCUT2D eigenvalue weighted by Crippen LogP contribution is 2.43. The molecule has 0 unspecified atom stereocenters. The fourth-order valence-corrected chi connectivity index (χ4v) is 5.16. The first-order valence-electron chi connectivity index (χ1n) is 8.30. The van der Waals surface area contributed by atoms with Crippen molar-refractivity contribution in [2.45, 2.75) is 32.4 Å². The van der Waals surface area contributed by atoms with Crippen molar-refractivity contribution >= 4 is 22.2 Å². The van der Waals surface area contributed by atoms with Gasteiger partial charge in [0.15, 0.2) is 11.5 Å². The first-order valence-corrected chi connectivity index (χ1v) is 9.12. The zero-order chi connectivity index (χ0) is 16.3. The topological polar surface area (TPSA) is 59.6 Å². The van der Waals surface area contributed by atoms with E-state index in [1.807, 2.05) is 18.2 Å². The number of hydrogen-bond acceptors (Lipinski definition) is 5. The molecular weight excluding hydrogens is 324 g/mol. The van der Waals surface area contributed by atoms with Gasteiger partial charge in [0.1, 0.15) is 11.2 Å². The van der Waals surface area contributed by atoms with Crippen molar-refractivity contribution in [2.24, 2.45) is 5.92 Å². The Balaban J connectivity index is 1.50. The number of amides is 1. The maximum absolute atomic E-state index is 12.7. The van der Waals surface area contributed by atoms with Crippen LogP contribution in [0, 0.1) is 5.92 Å². The Morgan fingerprint density at radius 2 is 2.08 bits per heavy atom. The van der Waals surface area contributed by atoms with Crippen molar-refractivity contribution in [1.29, 1.82) is 0 Å². The summed E-state index contributed by atoms with van der Waals surface area (Å²) in [7, 11) is 0. The second kappa shape index (κ2) is 5.14. The van der Waals surface area contributed by atoms with E-state index in [2.05, 4.69) is 17.6 Å². The van der Waals surface area contributed by atoms with Crippen molar-refractivity contribution in [3.05, 3.63) is 39.8 Å². The van der Waals surface area contributed by atoms with Crippen LogP contribution >= 0.6 is 11.3 Å². The van der Waals surface area contributed by atoms with Gasteiger partial charge in [-0.3, -0.25) is 4.79 Å². The van der Waals surface area contributed by atoms with Crippen LogP contribution in [-0.4, -0.2) is 12.7 Å². The summed E-state index contributed by atoms with van der Waals surface area (Å²) in [6, 6.07) is 5.79. The van der Waals surface area contributed by atoms with Gasteiger partial charge < -0.3 is 20.1 Å². The lowest BCUT2D eigenvalue weighted by Gasteiger charge is -2.27. The average Bonchev–Trinajstić information content (AvgIpc) is 3.17. The summed E-state index contributed by atoms with van der Waals surface area (Å²) in [5.41, 5.74) is 3.08.